The summed E-state index contributed by atoms with van der Waals surface area (Å²) in [6.45, 7) is 3.01. The SMILES string of the molecule is Cc1cc(=O)cc([C@@H]2CCCN(C(=O)COc3ccc(F)cc3)C2)[nH]1. The Hall–Kier alpha value is -2.63. The Labute approximate surface area is 145 Å². The molecule has 0 aliphatic carbocycles. The molecule has 1 aliphatic heterocycles. The van der Waals surface area contributed by atoms with E-state index in [0.29, 0.717) is 18.8 Å². The Bertz CT molecular complexity index is 801. The van der Waals surface area contributed by atoms with Gasteiger partial charge in [0.2, 0.25) is 0 Å². The van der Waals surface area contributed by atoms with Crippen LogP contribution in [0.25, 0.3) is 0 Å². The number of halogens is 1. The number of ether oxygens (including phenoxy) is 1. The molecule has 0 saturated carbocycles. The topological polar surface area (TPSA) is 62.4 Å². The molecule has 6 heteroatoms. The molecule has 132 valence electrons. The van der Waals surface area contributed by atoms with E-state index < -0.39 is 0 Å². The normalized spacial score (nSPS) is 17.4. The fraction of sp³-hybridized carbons (Fsp3) is 0.368. The van der Waals surface area contributed by atoms with Crippen LogP contribution in [0.2, 0.25) is 0 Å². The number of piperidine rings is 1. The Morgan fingerprint density at radius 2 is 2.08 bits per heavy atom. The summed E-state index contributed by atoms with van der Waals surface area (Å²) in [5.41, 5.74) is 1.68. The molecule has 1 amide bonds. The number of benzene rings is 1. The standard InChI is InChI=1S/C19H21FN2O3/c1-13-9-16(23)10-18(21-13)14-3-2-8-22(11-14)19(24)12-25-17-6-4-15(20)5-7-17/h4-7,9-10,14H,2-3,8,11-12H2,1H3,(H,21,23)/t14-/m1/s1. The third-order valence-corrected chi connectivity index (χ3v) is 4.39. The number of rotatable bonds is 4. The second kappa shape index (κ2) is 7.51. The summed E-state index contributed by atoms with van der Waals surface area (Å²) < 4.78 is 18.3. The number of hydrogen-bond acceptors (Lipinski definition) is 3. The number of nitrogens with zero attached hydrogens (tertiary/aromatic N) is 1. The Morgan fingerprint density at radius 1 is 1.32 bits per heavy atom. The number of nitrogens with one attached hydrogen (secondary N) is 1. The van der Waals surface area contributed by atoms with Gasteiger partial charge in [-0.25, -0.2) is 4.39 Å². The first-order chi connectivity index (χ1) is 12.0. The van der Waals surface area contributed by atoms with Crippen LogP contribution in [0.15, 0.2) is 41.2 Å². The summed E-state index contributed by atoms with van der Waals surface area (Å²) in [6, 6.07) is 8.76. The maximum atomic E-state index is 12.9. The van der Waals surface area contributed by atoms with Gasteiger partial charge in [0.25, 0.3) is 5.91 Å². The lowest BCUT2D eigenvalue weighted by atomic mass is 9.94. The van der Waals surface area contributed by atoms with Crippen LogP contribution < -0.4 is 10.2 Å². The molecule has 2 heterocycles. The number of aromatic nitrogens is 1. The van der Waals surface area contributed by atoms with Crippen LogP contribution in [0.3, 0.4) is 0 Å². The van der Waals surface area contributed by atoms with Crippen LogP contribution in [0.1, 0.15) is 30.1 Å². The zero-order valence-electron chi connectivity index (χ0n) is 14.1. The monoisotopic (exact) mass is 344 g/mol. The van der Waals surface area contributed by atoms with Gasteiger partial charge >= 0.3 is 0 Å². The van der Waals surface area contributed by atoms with E-state index in [9.17, 15) is 14.0 Å². The fourth-order valence-electron chi connectivity index (χ4n) is 3.15. The highest BCUT2D eigenvalue weighted by Gasteiger charge is 2.25. The van der Waals surface area contributed by atoms with E-state index in [0.717, 1.165) is 24.2 Å². The minimum Gasteiger partial charge on any atom is -0.484 e. The lowest BCUT2D eigenvalue weighted by Gasteiger charge is -2.32. The number of aromatic amines is 1. The molecule has 0 bridgehead atoms. The molecule has 5 nitrogen and oxygen atoms in total. The zero-order chi connectivity index (χ0) is 17.8. The van der Waals surface area contributed by atoms with Crippen LogP contribution in [0.5, 0.6) is 5.75 Å². The predicted octanol–water partition coefficient (Wildman–Crippen LogP) is 2.61. The van der Waals surface area contributed by atoms with E-state index >= 15 is 0 Å². The number of H-pyrrole nitrogens is 1. The lowest BCUT2D eigenvalue weighted by Crippen LogP contribution is -2.41. The fourth-order valence-corrected chi connectivity index (χ4v) is 3.15. The van der Waals surface area contributed by atoms with Gasteiger partial charge in [0, 0.05) is 42.5 Å². The summed E-state index contributed by atoms with van der Waals surface area (Å²) in [7, 11) is 0. The van der Waals surface area contributed by atoms with Gasteiger partial charge in [0.1, 0.15) is 11.6 Å². The van der Waals surface area contributed by atoms with Crippen molar-refractivity contribution in [2.75, 3.05) is 19.7 Å². The van der Waals surface area contributed by atoms with Crippen molar-refractivity contribution in [2.45, 2.75) is 25.7 Å². The summed E-state index contributed by atoms with van der Waals surface area (Å²) in [5, 5.41) is 0. The van der Waals surface area contributed by atoms with E-state index in [1.807, 2.05) is 6.92 Å². The smallest absolute Gasteiger partial charge is 0.260 e. The van der Waals surface area contributed by atoms with E-state index in [-0.39, 0.29) is 29.7 Å². The highest BCUT2D eigenvalue weighted by atomic mass is 19.1. The third-order valence-electron chi connectivity index (χ3n) is 4.39. The average Bonchev–Trinajstić information content (AvgIpc) is 2.60. The number of hydrogen-bond donors (Lipinski definition) is 1. The second-order valence-electron chi connectivity index (χ2n) is 6.38. The van der Waals surface area contributed by atoms with Crippen molar-refractivity contribution < 1.29 is 13.9 Å². The average molecular weight is 344 g/mol. The van der Waals surface area contributed by atoms with Crippen molar-refractivity contribution in [3.05, 3.63) is 63.8 Å². The van der Waals surface area contributed by atoms with Gasteiger partial charge in [-0.05, 0) is 44.0 Å². The van der Waals surface area contributed by atoms with Crippen molar-refractivity contribution in [1.29, 1.82) is 0 Å². The Balaban J connectivity index is 1.61. The van der Waals surface area contributed by atoms with Crippen molar-refractivity contribution >= 4 is 5.91 Å². The minimum atomic E-state index is -0.343. The van der Waals surface area contributed by atoms with E-state index in [1.54, 1.807) is 17.0 Å². The second-order valence-corrected chi connectivity index (χ2v) is 6.38. The number of aryl methyl sites for hydroxylation is 1. The first kappa shape index (κ1) is 17.2. The van der Waals surface area contributed by atoms with Gasteiger partial charge in [-0.15, -0.1) is 0 Å². The van der Waals surface area contributed by atoms with Crippen LogP contribution in [-0.4, -0.2) is 35.5 Å². The molecule has 0 unspecified atom stereocenters. The summed E-state index contributed by atoms with van der Waals surface area (Å²) in [4.78, 5) is 29.1. The van der Waals surface area contributed by atoms with Gasteiger partial charge in [0.15, 0.2) is 12.0 Å². The van der Waals surface area contributed by atoms with Crippen LogP contribution >= 0.6 is 0 Å². The van der Waals surface area contributed by atoms with Gasteiger partial charge < -0.3 is 14.6 Å². The van der Waals surface area contributed by atoms with Gasteiger partial charge in [-0.3, -0.25) is 9.59 Å². The highest BCUT2D eigenvalue weighted by molar-refractivity contribution is 5.78. The third kappa shape index (κ3) is 4.47. The first-order valence-corrected chi connectivity index (χ1v) is 8.38. The van der Waals surface area contributed by atoms with Crippen molar-refractivity contribution in [2.24, 2.45) is 0 Å². The van der Waals surface area contributed by atoms with Crippen molar-refractivity contribution in [3.8, 4) is 5.75 Å². The lowest BCUT2D eigenvalue weighted by molar-refractivity contribution is -0.134. The molecule has 1 aromatic carbocycles. The number of likely N-dealkylation sites (tertiary alicyclic amines) is 1. The summed E-state index contributed by atoms with van der Waals surface area (Å²) >= 11 is 0. The molecule has 25 heavy (non-hydrogen) atoms. The number of amides is 1. The van der Waals surface area contributed by atoms with Crippen LogP contribution in [-0.2, 0) is 4.79 Å². The Morgan fingerprint density at radius 3 is 2.80 bits per heavy atom. The minimum absolute atomic E-state index is 0.0191. The van der Waals surface area contributed by atoms with Crippen molar-refractivity contribution in [1.82, 2.24) is 9.88 Å². The largest absolute Gasteiger partial charge is 0.484 e. The van der Waals surface area contributed by atoms with E-state index in [2.05, 4.69) is 4.98 Å². The molecule has 1 aliphatic rings. The zero-order valence-corrected chi connectivity index (χ0v) is 14.1. The molecule has 1 saturated heterocycles. The van der Waals surface area contributed by atoms with Crippen LogP contribution in [0.4, 0.5) is 4.39 Å². The molecular weight excluding hydrogens is 323 g/mol. The summed E-state index contributed by atoms with van der Waals surface area (Å²) in [5.74, 6) is 0.135. The van der Waals surface area contributed by atoms with Gasteiger partial charge in [-0.2, -0.15) is 0 Å². The molecular formula is C19H21FN2O3. The summed E-state index contributed by atoms with van der Waals surface area (Å²) in [6.07, 6.45) is 1.81. The quantitative estimate of drug-likeness (QED) is 0.927. The predicted molar refractivity (Wildman–Crippen MR) is 92.2 cm³/mol. The van der Waals surface area contributed by atoms with E-state index in [1.165, 1.54) is 24.3 Å². The number of carbonyl (C=O) groups excluding carboxylic acids is 1. The molecule has 1 atom stereocenters. The molecule has 1 fully saturated rings. The van der Waals surface area contributed by atoms with Crippen molar-refractivity contribution in [3.63, 3.8) is 0 Å². The van der Waals surface area contributed by atoms with Gasteiger partial charge in [-0.1, -0.05) is 0 Å². The Kier molecular flexibility index (Phi) is 5.16. The molecule has 1 aromatic heterocycles. The van der Waals surface area contributed by atoms with E-state index in [4.69, 9.17) is 4.74 Å². The molecule has 1 N–H and O–H groups in total. The molecule has 2 aromatic rings. The maximum absolute atomic E-state index is 12.9. The maximum Gasteiger partial charge on any atom is 0.260 e. The number of carbonyl (C=O) groups is 1. The molecule has 0 radical (unpaired) electrons. The number of pyridine rings is 1. The first-order valence-electron chi connectivity index (χ1n) is 8.38. The van der Waals surface area contributed by atoms with Crippen LogP contribution in [0, 0.1) is 12.7 Å². The highest BCUT2D eigenvalue weighted by Crippen LogP contribution is 2.25. The molecule has 3 rings (SSSR count). The molecule has 0 spiro atoms. The van der Waals surface area contributed by atoms with Gasteiger partial charge in [0.05, 0.1) is 0 Å².